The number of piperidine rings is 1. The molecule has 0 radical (unpaired) electrons. The quantitative estimate of drug-likeness (QED) is 0.376. The maximum Gasteiger partial charge on any atom is 0.193 e. The summed E-state index contributed by atoms with van der Waals surface area (Å²) in [6, 6.07) is 24.2. The molecule has 3 aromatic carbocycles. The molecule has 1 aliphatic rings. The molecule has 5 heteroatoms. The number of rotatable bonds is 9. The molecule has 170 valence electrons. The normalized spacial score (nSPS) is 14.7. The van der Waals surface area contributed by atoms with Gasteiger partial charge in [0.25, 0.3) is 0 Å². The van der Waals surface area contributed by atoms with Crippen molar-refractivity contribution in [2.24, 2.45) is 5.92 Å². The van der Waals surface area contributed by atoms with E-state index >= 15 is 0 Å². The molecule has 1 fully saturated rings. The zero-order chi connectivity index (χ0) is 23.0. The fourth-order valence-electron chi connectivity index (χ4n) is 4.21. The van der Waals surface area contributed by atoms with Crippen LogP contribution in [0.3, 0.4) is 0 Å². The van der Waals surface area contributed by atoms with Gasteiger partial charge in [-0.25, -0.2) is 0 Å². The molecule has 0 atom stereocenters. The Kier molecular flexibility index (Phi) is 7.92. The van der Waals surface area contributed by atoms with Crippen LogP contribution >= 0.6 is 11.6 Å². The number of carbonyl (C=O) groups is 2. The van der Waals surface area contributed by atoms with Crippen LogP contribution in [0.2, 0.25) is 5.02 Å². The van der Waals surface area contributed by atoms with Crippen molar-refractivity contribution in [3.05, 3.63) is 101 Å². The molecule has 0 N–H and O–H groups in total. The monoisotopic (exact) mass is 461 g/mol. The zero-order valence-electron chi connectivity index (χ0n) is 18.6. The molecule has 0 spiro atoms. The number of Topliss-reactive ketones (excluding diaryl/α,β-unsaturated/α-hetero) is 1. The molecule has 4 rings (SSSR count). The highest BCUT2D eigenvalue weighted by Crippen LogP contribution is 2.23. The van der Waals surface area contributed by atoms with Crippen molar-refractivity contribution >= 4 is 23.2 Å². The second kappa shape index (κ2) is 11.3. The van der Waals surface area contributed by atoms with Crippen molar-refractivity contribution in [2.45, 2.75) is 25.8 Å². The average molecular weight is 462 g/mol. The van der Waals surface area contributed by atoms with Crippen molar-refractivity contribution in [2.75, 3.05) is 19.7 Å². The Balaban J connectivity index is 1.19. The van der Waals surface area contributed by atoms with Crippen LogP contribution in [0.5, 0.6) is 5.75 Å². The van der Waals surface area contributed by atoms with Crippen LogP contribution in [-0.2, 0) is 11.3 Å². The van der Waals surface area contributed by atoms with Gasteiger partial charge < -0.3 is 4.74 Å². The van der Waals surface area contributed by atoms with Crippen molar-refractivity contribution in [1.82, 2.24) is 4.90 Å². The number of carbonyl (C=O) groups excluding carboxylic acids is 2. The molecule has 0 unspecified atom stereocenters. The van der Waals surface area contributed by atoms with Gasteiger partial charge in [0.2, 0.25) is 0 Å². The molecule has 0 aromatic heterocycles. The SMILES string of the molecule is O=C(COc1ccc(C(=O)c2ccc(Cl)cc2)cc1)CC1CCN(Cc2ccccc2)CC1. The Morgan fingerprint density at radius 1 is 0.848 bits per heavy atom. The van der Waals surface area contributed by atoms with Gasteiger partial charge in [0.05, 0.1) is 0 Å². The first kappa shape index (κ1) is 23.2. The van der Waals surface area contributed by atoms with Gasteiger partial charge in [0.1, 0.15) is 12.4 Å². The highest BCUT2D eigenvalue weighted by molar-refractivity contribution is 6.30. The van der Waals surface area contributed by atoms with Gasteiger partial charge in [-0.3, -0.25) is 14.5 Å². The summed E-state index contributed by atoms with van der Waals surface area (Å²) in [5.74, 6) is 1.06. The van der Waals surface area contributed by atoms with Crippen molar-refractivity contribution < 1.29 is 14.3 Å². The molecule has 0 bridgehead atoms. The smallest absolute Gasteiger partial charge is 0.193 e. The third-order valence-corrected chi connectivity index (χ3v) is 6.35. The van der Waals surface area contributed by atoms with Gasteiger partial charge >= 0.3 is 0 Å². The number of hydrogen-bond acceptors (Lipinski definition) is 4. The van der Waals surface area contributed by atoms with E-state index in [4.69, 9.17) is 16.3 Å². The molecule has 1 heterocycles. The predicted octanol–water partition coefficient (Wildman–Crippen LogP) is 5.82. The summed E-state index contributed by atoms with van der Waals surface area (Å²) in [7, 11) is 0. The fourth-order valence-corrected chi connectivity index (χ4v) is 4.33. The Morgan fingerprint density at radius 2 is 1.45 bits per heavy atom. The van der Waals surface area contributed by atoms with Crippen molar-refractivity contribution in [3.63, 3.8) is 0 Å². The summed E-state index contributed by atoms with van der Waals surface area (Å²) in [6.07, 6.45) is 2.65. The number of benzene rings is 3. The molecule has 3 aromatic rings. The van der Waals surface area contributed by atoms with E-state index in [1.165, 1.54) is 5.56 Å². The third-order valence-electron chi connectivity index (χ3n) is 6.10. The molecule has 0 saturated carbocycles. The van der Waals surface area contributed by atoms with E-state index in [0.29, 0.717) is 34.2 Å². The summed E-state index contributed by atoms with van der Waals surface area (Å²) < 4.78 is 5.68. The van der Waals surface area contributed by atoms with E-state index in [9.17, 15) is 9.59 Å². The van der Waals surface area contributed by atoms with Gasteiger partial charge in [0, 0.05) is 29.1 Å². The van der Waals surface area contributed by atoms with Crippen LogP contribution in [-0.4, -0.2) is 36.2 Å². The minimum atomic E-state index is -0.0760. The van der Waals surface area contributed by atoms with E-state index in [2.05, 4.69) is 29.2 Å². The second-order valence-corrected chi connectivity index (χ2v) is 9.03. The van der Waals surface area contributed by atoms with Crippen LogP contribution < -0.4 is 4.74 Å². The number of likely N-dealkylation sites (tertiary alicyclic amines) is 1. The Morgan fingerprint density at radius 3 is 2.09 bits per heavy atom. The molecule has 0 amide bonds. The number of halogens is 1. The highest BCUT2D eigenvalue weighted by atomic mass is 35.5. The highest BCUT2D eigenvalue weighted by Gasteiger charge is 2.21. The second-order valence-electron chi connectivity index (χ2n) is 8.60. The Labute approximate surface area is 200 Å². The van der Waals surface area contributed by atoms with E-state index in [-0.39, 0.29) is 18.2 Å². The lowest BCUT2D eigenvalue weighted by Crippen LogP contribution is -2.34. The third kappa shape index (κ3) is 6.77. The standard InChI is InChI=1S/C28H28ClNO3/c29-25-10-6-23(7-11-25)28(32)24-8-12-27(13-9-24)33-20-26(31)18-21-14-16-30(17-15-21)19-22-4-2-1-3-5-22/h1-13,21H,14-20H2. The number of nitrogens with zero attached hydrogens (tertiary/aromatic N) is 1. The minimum absolute atomic E-state index is 0.0642. The van der Waals surface area contributed by atoms with E-state index in [0.717, 1.165) is 32.5 Å². The first-order valence-electron chi connectivity index (χ1n) is 11.4. The summed E-state index contributed by atoms with van der Waals surface area (Å²) in [5.41, 5.74) is 2.48. The van der Waals surface area contributed by atoms with Crippen LogP contribution in [0.25, 0.3) is 0 Å². The fraction of sp³-hybridized carbons (Fsp3) is 0.286. The van der Waals surface area contributed by atoms with Crippen LogP contribution in [0, 0.1) is 5.92 Å². The number of ketones is 2. The van der Waals surface area contributed by atoms with E-state index in [1.807, 2.05) is 6.07 Å². The molecular weight excluding hydrogens is 434 g/mol. The zero-order valence-corrected chi connectivity index (χ0v) is 19.3. The van der Waals surface area contributed by atoms with Crippen molar-refractivity contribution in [3.8, 4) is 5.75 Å². The Bertz CT molecular complexity index is 1060. The number of hydrogen-bond donors (Lipinski definition) is 0. The molecule has 33 heavy (non-hydrogen) atoms. The lowest BCUT2D eigenvalue weighted by Gasteiger charge is -2.31. The molecule has 4 nitrogen and oxygen atoms in total. The summed E-state index contributed by atoms with van der Waals surface area (Å²) in [4.78, 5) is 27.4. The van der Waals surface area contributed by atoms with Crippen LogP contribution in [0.15, 0.2) is 78.9 Å². The van der Waals surface area contributed by atoms with Crippen molar-refractivity contribution in [1.29, 1.82) is 0 Å². The first-order valence-corrected chi connectivity index (χ1v) is 11.8. The Hall–Kier alpha value is -2.95. The van der Waals surface area contributed by atoms with E-state index in [1.54, 1.807) is 48.5 Å². The molecule has 0 aliphatic carbocycles. The van der Waals surface area contributed by atoms with Gasteiger partial charge in [-0.15, -0.1) is 0 Å². The van der Waals surface area contributed by atoms with Gasteiger partial charge in [-0.1, -0.05) is 41.9 Å². The largest absolute Gasteiger partial charge is 0.486 e. The lowest BCUT2D eigenvalue weighted by molar-refractivity contribution is -0.122. The van der Waals surface area contributed by atoms with E-state index < -0.39 is 0 Å². The van der Waals surface area contributed by atoms with Gasteiger partial charge in [-0.2, -0.15) is 0 Å². The summed E-state index contributed by atoms with van der Waals surface area (Å²) >= 11 is 5.88. The first-order chi connectivity index (χ1) is 16.1. The summed E-state index contributed by atoms with van der Waals surface area (Å²) in [6.45, 7) is 3.09. The van der Waals surface area contributed by atoms with Gasteiger partial charge in [0.15, 0.2) is 11.6 Å². The predicted molar refractivity (Wildman–Crippen MR) is 131 cm³/mol. The topological polar surface area (TPSA) is 46.6 Å². The summed E-state index contributed by atoms with van der Waals surface area (Å²) in [5, 5.41) is 0.595. The molecule has 1 saturated heterocycles. The van der Waals surface area contributed by atoms with Crippen LogP contribution in [0.4, 0.5) is 0 Å². The molecule has 1 aliphatic heterocycles. The lowest BCUT2D eigenvalue weighted by atomic mass is 9.91. The average Bonchev–Trinajstić information content (AvgIpc) is 2.85. The maximum absolute atomic E-state index is 12.5. The number of ether oxygens (including phenoxy) is 1. The van der Waals surface area contributed by atoms with Gasteiger partial charge in [-0.05, 0) is 85.9 Å². The molecular formula is C28H28ClNO3. The minimum Gasteiger partial charge on any atom is -0.486 e. The maximum atomic E-state index is 12.5. The van der Waals surface area contributed by atoms with Crippen LogP contribution in [0.1, 0.15) is 40.7 Å².